The van der Waals surface area contributed by atoms with E-state index in [1.807, 2.05) is 6.07 Å². The Kier molecular flexibility index (Phi) is 4.60. The minimum Gasteiger partial charge on any atom is -0.354 e. The van der Waals surface area contributed by atoms with Crippen molar-refractivity contribution < 1.29 is 4.79 Å². The van der Waals surface area contributed by atoms with Crippen LogP contribution < -0.4 is 5.32 Å². The Balaban J connectivity index is 1.44. The van der Waals surface area contributed by atoms with E-state index in [0.717, 1.165) is 41.1 Å². The molecule has 148 valence electrons. The Bertz CT molecular complexity index is 1210. The first-order valence-electron chi connectivity index (χ1n) is 10.0. The van der Waals surface area contributed by atoms with Crippen LogP contribution in [0.5, 0.6) is 0 Å². The molecule has 1 aromatic carbocycles. The van der Waals surface area contributed by atoms with Gasteiger partial charge in [0.25, 0.3) is 5.91 Å². The van der Waals surface area contributed by atoms with Gasteiger partial charge < -0.3 is 9.88 Å². The quantitative estimate of drug-likeness (QED) is 0.556. The number of carbonyl (C=O) groups is 1. The minimum absolute atomic E-state index is 0.00416. The summed E-state index contributed by atoms with van der Waals surface area (Å²) in [7, 11) is 3.81. The van der Waals surface area contributed by atoms with Crippen molar-refractivity contribution in [2.75, 3.05) is 20.1 Å². The standard InChI is InChI=1S/C23H24N4OS/c1-24-22(28)21-20(18-7-5-10-25-23(18)29-21)15-9-11-27(13-15)14-16-12-26(2)19-8-4-3-6-17(16)19/h3-8,10,12,15H,9,11,13-14H2,1-2H3,(H,24,28). The molecule has 3 aromatic heterocycles. The van der Waals surface area contributed by atoms with E-state index in [1.54, 1.807) is 13.2 Å². The molecular formula is C23H24N4OS. The van der Waals surface area contributed by atoms with Gasteiger partial charge in [0.15, 0.2) is 0 Å². The number of aryl methyl sites for hydroxylation is 1. The molecule has 1 aliphatic heterocycles. The highest BCUT2D eigenvalue weighted by atomic mass is 32.1. The van der Waals surface area contributed by atoms with Gasteiger partial charge in [-0.05, 0) is 36.2 Å². The summed E-state index contributed by atoms with van der Waals surface area (Å²) in [5, 5.41) is 5.27. The van der Waals surface area contributed by atoms with Crippen molar-refractivity contribution in [3.8, 4) is 0 Å². The summed E-state index contributed by atoms with van der Waals surface area (Å²) in [5.41, 5.74) is 3.82. The van der Waals surface area contributed by atoms with Crippen LogP contribution in [0.15, 0.2) is 48.8 Å². The highest BCUT2D eigenvalue weighted by Crippen LogP contribution is 2.39. The molecule has 4 heterocycles. The maximum atomic E-state index is 12.5. The topological polar surface area (TPSA) is 50.2 Å². The molecule has 0 aliphatic carbocycles. The maximum Gasteiger partial charge on any atom is 0.261 e. The molecule has 1 aliphatic rings. The molecule has 5 rings (SSSR count). The lowest BCUT2D eigenvalue weighted by atomic mass is 9.95. The minimum atomic E-state index is -0.00416. The molecule has 0 saturated carbocycles. The van der Waals surface area contributed by atoms with Gasteiger partial charge >= 0.3 is 0 Å². The molecule has 1 atom stereocenters. The zero-order chi connectivity index (χ0) is 20.0. The SMILES string of the molecule is CNC(=O)c1sc2ncccc2c1C1CCN(Cc2cn(C)c3ccccc23)C1. The van der Waals surface area contributed by atoms with Gasteiger partial charge in [-0.2, -0.15) is 0 Å². The van der Waals surface area contributed by atoms with Crippen molar-refractivity contribution in [1.29, 1.82) is 0 Å². The molecule has 1 unspecified atom stereocenters. The number of pyridine rings is 1. The number of amides is 1. The molecule has 1 N–H and O–H groups in total. The lowest BCUT2D eigenvalue weighted by molar-refractivity contribution is 0.0966. The molecule has 6 heteroatoms. The fourth-order valence-corrected chi connectivity index (χ4v) is 5.82. The molecule has 1 amide bonds. The van der Waals surface area contributed by atoms with E-state index in [2.05, 4.69) is 63.3 Å². The molecule has 0 bridgehead atoms. The van der Waals surface area contributed by atoms with Crippen molar-refractivity contribution in [1.82, 2.24) is 19.8 Å². The first kappa shape index (κ1) is 18.3. The summed E-state index contributed by atoms with van der Waals surface area (Å²) in [6.07, 6.45) is 5.12. The molecule has 0 spiro atoms. The lowest BCUT2D eigenvalue weighted by Crippen LogP contribution is -2.21. The number of fused-ring (bicyclic) bond motifs is 2. The van der Waals surface area contributed by atoms with Gasteiger partial charge in [0.2, 0.25) is 0 Å². The number of para-hydroxylation sites is 1. The van der Waals surface area contributed by atoms with Gasteiger partial charge in [0.1, 0.15) is 4.83 Å². The summed E-state index contributed by atoms with van der Waals surface area (Å²) in [4.78, 5) is 21.3. The van der Waals surface area contributed by atoms with E-state index in [0.29, 0.717) is 5.92 Å². The maximum absolute atomic E-state index is 12.5. The summed E-state index contributed by atoms with van der Waals surface area (Å²) in [5.74, 6) is 0.353. The summed E-state index contributed by atoms with van der Waals surface area (Å²) in [6, 6.07) is 12.7. The number of rotatable bonds is 4. The highest BCUT2D eigenvalue weighted by molar-refractivity contribution is 7.20. The van der Waals surface area contributed by atoms with Crippen molar-refractivity contribution in [2.24, 2.45) is 7.05 Å². The number of likely N-dealkylation sites (tertiary alicyclic amines) is 1. The number of nitrogens with zero attached hydrogens (tertiary/aromatic N) is 3. The van der Waals surface area contributed by atoms with Crippen LogP contribution in [0.3, 0.4) is 0 Å². The van der Waals surface area contributed by atoms with E-state index in [1.165, 1.54) is 33.4 Å². The third-order valence-electron chi connectivity index (χ3n) is 5.99. The Hall–Kier alpha value is -2.70. The van der Waals surface area contributed by atoms with Crippen molar-refractivity contribution in [2.45, 2.75) is 18.9 Å². The third kappa shape index (κ3) is 3.12. The number of nitrogens with one attached hydrogen (secondary N) is 1. The molecule has 1 saturated heterocycles. The van der Waals surface area contributed by atoms with E-state index in [4.69, 9.17) is 0 Å². The van der Waals surface area contributed by atoms with Crippen LogP contribution in [0, 0.1) is 0 Å². The smallest absolute Gasteiger partial charge is 0.261 e. The summed E-state index contributed by atoms with van der Waals surface area (Å²) in [6.45, 7) is 2.94. The van der Waals surface area contributed by atoms with Crippen LogP contribution in [0.2, 0.25) is 0 Å². The second-order valence-corrected chi connectivity index (χ2v) is 8.78. The predicted octanol–water partition coefficient (Wildman–Crippen LogP) is 4.14. The van der Waals surface area contributed by atoms with E-state index in [-0.39, 0.29) is 5.91 Å². The molecule has 0 radical (unpaired) electrons. The number of hydrogen-bond acceptors (Lipinski definition) is 4. The highest BCUT2D eigenvalue weighted by Gasteiger charge is 2.31. The van der Waals surface area contributed by atoms with Crippen LogP contribution in [-0.2, 0) is 13.6 Å². The van der Waals surface area contributed by atoms with Gasteiger partial charge in [-0.25, -0.2) is 4.98 Å². The molecular weight excluding hydrogens is 380 g/mol. The average Bonchev–Trinajstić information content (AvgIpc) is 3.44. The molecule has 4 aromatic rings. The molecule has 5 nitrogen and oxygen atoms in total. The van der Waals surface area contributed by atoms with Crippen LogP contribution in [0.1, 0.15) is 33.1 Å². The summed E-state index contributed by atoms with van der Waals surface area (Å²) >= 11 is 1.51. The molecule has 1 fully saturated rings. The van der Waals surface area contributed by atoms with Crippen molar-refractivity contribution in [3.05, 3.63) is 64.8 Å². The summed E-state index contributed by atoms with van der Waals surface area (Å²) < 4.78 is 2.21. The Labute approximate surface area is 174 Å². The zero-order valence-electron chi connectivity index (χ0n) is 16.7. The van der Waals surface area contributed by atoms with Gasteiger partial charge in [-0.1, -0.05) is 24.3 Å². The second kappa shape index (κ2) is 7.28. The van der Waals surface area contributed by atoms with E-state index in [9.17, 15) is 4.79 Å². The fourth-order valence-electron chi connectivity index (χ4n) is 4.64. The van der Waals surface area contributed by atoms with Gasteiger partial charge in [0, 0.05) is 61.8 Å². The Morgan fingerprint density at radius 3 is 2.93 bits per heavy atom. The van der Waals surface area contributed by atoms with Crippen LogP contribution in [0.25, 0.3) is 21.1 Å². The van der Waals surface area contributed by atoms with Gasteiger partial charge in [-0.3, -0.25) is 9.69 Å². The Morgan fingerprint density at radius 1 is 1.24 bits per heavy atom. The van der Waals surface area contributed by atoms with Crippen LogP contribution in [0.4, 0.5) is 0 Å². The number of aromatic nitrogens is 2. The van der Waals surface area contributed by atoms with E-state index >= 15 is 0 Å². The van der Waals surface area contributed by atoms with Crippen molar-refractivity contribution in [3.63, 3.8) is 0 Å². The monoisotopic (exact) mass is 404 g/mol. The number of hydrogen-bond donors (Lipinski definition) is 1. The second-order valence-electron chi connectivity index (χ2n) is 7.78. The Morgan fingerprint density at radius 2 is 2.07 bits per heavy atom. The van der Waals surface area contributed by atoms with E-state index < -0.39 is 0 Å². The first-order valence-corrected chi connectivity index (χ1v) is 10.8. The largest absolute Gasteiger partial charge is 0.354 e. The fraction of sp³-hybridized carbons (Fsp3) is 0.304. The average molecular weight is 405 g/mol. The van der Waals surface area contributed by atoms with Crippen molar-refractivity contribution >= 4 is 38.4 Å². The third-order valence-corrected chi connectivity index (χ3v) is 7.12. The van der Waals surface area contributed by atoms with Crippen LogP contribution in [-0.4, -0.2) is 40.5 Å². The lowest BCUT2D eigenvalue weighted by Gasteiger charge is -2.16. The first-order chi connectivity index (χ1) is 14.2. The zero-order valence-corrected chi connectivity index (χ0v) is 17.5. The van der Waals surface area contributed by atoms with Gasteiger partial charge in [0.05, 0.1) is 4.88 Å². The van der Waals surface area contributed by atoms with Crippen LogP contribution >= 0.6 is 11.3 Å². The number of carbonyl (C=O) groups excluding carboxylic acids is 1. The van der Waals surface area contributed by atoms with Gasteiger partial charge in [-0.15, -0.1) is 11.3 Å². The predicted molar refractivity (Wildman–Crippen MR) is 119 cm³/mol. The molecule has 29 heavy (non-hydrogen) atoms. The number of benzene rings is 1. The normalized spacial score (nSPS) is 17.4. The number of thiophene rings is 1.